The quantitative estimate of drug-likeness (QED) is 0.444. The van der Waals surface area contributed by atoms with Gasteiger partial charge in [0.2, 0.25) is 0 Å². The van der Waals surface area contributed by atoms with Crippen molar-refractivity contribution >= 4 is 6.16 Å². The van der Waals surface area contributed by atoms with Crippen LogP contribution in [-0.4, -0.2) is 11.6 Å². The first kappa shape index (κ1) is 16.0. The molecular weight excluding hydrogens is 239 g/mol. The van der Waals surface area contributed by atoms with Crippen molar-refractivity contribution in [3.05, 3.63) is 0 Å². The van der Waals surface area contributed by atoms with Gasteiger partial charge in [-0.25, -0.2) is 0 Å². The van der Waals surface area contributed by atoms with Gasteiger partial charge in [-0.05, 0) is 6.16 Å². The third-order valence-corrected chi connectivity index (χ3v) is 0. The minimum absolute atomic E-state index is 0. The summed E-state index contributed by atoms with van der Waals surface area (Å²) in [6, 6.07) is 0. The Morgan fingerprint density at radius 2 is 1.33 bits per heavy atom. The Balaban J connectivity index is -0.0000000450. The Kier molecular flexibility index (Phi) is 24.3. The summed E-state index contributed by atoms with van der Waals surface area (Å²) in [6.45, 7) is 0. The molecule has 0 unspecified atom stereocenters. The van der Waals surface area contributed by atoms with Gasteiger partial charge in [-0.3, -0.25) is 0 Å². The number of carbonyl (C=O) groups excluding carboxylic acids is 1. The third-order valence-electron chi connectivity index (χ3n) is 0. The van der Waals surface area contributed by atoms with E-state index < -0.39 is 6.16 Å². The second kappa shape index (κ2) is 9.09. The van der Waals surface area contributed by atoms with Crippen LogP contribution in [0.4, 0.5) is 4.79 Å². The van der Waals surface area contributed by atoms with E-state index in [1.807, 2.05) is 0 Å². The SMILES string of the molecule is O.O=C([O-])[O-].[Dy]. The minimum atomic E-state index is -2.33. The van der Waals surface area contributed by atoms with Crippen molar-refractivity contribution < 1.29 is 58.7 Å². The van der Waals surface area contributed by atoms with E-state index in [1.54, 1.807) is 0 Å². The van der Waals surface area contributed by atoms with Gasteiger partial charge in [0, 0.05) is 38.2 Å². The summed E-state index contributed by atoms with van der Waals surface area (Å²) < 4.78 is 0. The maximum absolute atomic E-state index is 8.33. The third kappa shape index (κ3) is 219. The van der Waals surface area contributed by atoms with Gasteiger partial charge in [-0.2, -0.15) is 0 Å². The van der Waals surface area contributed by atoms with Gasteiger partial charge in [0.25, 0.3) is 0 Å². The summed E-state index contributed by atoms with van der Waals surface area (Å²) in [5.41, 5.74) is 0. The van der Waals surface area contributed by atoms with Gasteiger partial charge in [-0.1, -0.05) is 0 Å². The van der Waals surface area contributed by atoms with E-state index in [4.69, 9.17) is 15.0 Å². The molecule has 0 aliphatic heterocycles. The summed E-state index contributed by atoms with van der Waals surface area (Å²) in [6.07, 6.45) is -2.33. The Morgan fingerprint density at radius 1 is 1.33 bits per heavy atom. The fraction of sp³-hybridized carbons (Fsp3) is 0. The van der Waals surface area contributed by atoms with Gasteiger partial charge in [0.1, 0.15) is 0 Å². The monoisotopic (exact) mass is 242 g/mol. The summed E-state index contributed by atoms with van der Waals surface area (Å²) >= 11 is 0. The van der Waals surface area contributed by atoms with Crippen molar-refractivity contribution in [1.82, 2.24) is 0 Å². The van der Waals surface area contributed by atoms with Crippen LogP contribution in [-0.2, 0) is 0 Å². The van der Waals surface area contributed by atoms with E-state index >= 15 is 0 Å². The Labute approximate surface area is 64.5 Å². The standard InChI is InChI=1S/CH2O3.Dy.H2O/c2-1(3)4;;/h(H2,2,3,4);;1H2/p-2. The van der Waals surface area contributed by atoms with Crippen molar-refractivity contribution in [2.24, 2.45) is 0 Å². The molecule has 0 fully saturated rings. The molecule has 6 heavy (non-hydrogen) atoms. The zero-order chi connectivity index (χ0) is 3.58. The average molecular weight is 241 g/mol. The van der Waals surface area contributed by atoms with Gasteiger partial charge >= 0.3 is 0 Å². The maximum atomic E-state index is 8.33. The second-order valence-electron chi connectivity index (χ2n) is 0.250. The molecule has 0 saturated heterocycles. The fourth-order valence-electron chi connectivity index (χ4n) is 0. The van der Waals surface area contributed by atoms with Crippen LogP contribution in [0.15, 0.2) is 0 Å². The molecule has 0 radical (unpaired) electrons. The molecule has 0 heterocycles. The number of hydrogen-bond donors (Lipinski definition) is 0. The Bertz CT molecular complexity index is 30.5. The molecule has 0 aromatic carbocycles. The molecule has 42 valence electrons. The molecule has 2 N–H and O–H groups in total. The van der Waals surface area contributed by atoms with Crippen LogP contribution in [0.2, 0.25) is 0 Å². The predicted octanol–water partition coefficient (Wildman–Crippen LogP) is -3.27. The number of rotatable bonds is 0. The first-order valence-electron chi connectivity index (χ1n) is 0.612. The van der Waals surface area contributed by atoms with E-state index in [0.717, 1.165) is 0 Å². The molecule has 0 aliphatic rings. The van der Waals surface area contributed by atoms with Crippen LogP contribution in [0.1, 0.15) is 0 Å². The minimum Gasteiger partial charge on any atom is -0.652 e. The molecule has 0 aromatic rings. The van der Waals surface area contributed by atoms with Crippen LogP contribution in [0.5, 0.6) is 0 Å². The first-order chi connectivity index (χ1) is 1.73. The van der Waals surface area contributed by atoms with Crippen LogP contribution < -0.4 is 10.2 Å². The van der Waals surface area contributed by atoms with Gasteiger partial charge in [0.05, 0.1) is 0 Å². The molecule has 0 saturated carbocycles. The molecule has 0 bridgehead atoms. The summed E-state index contributed by atoms with van der Waals surface area (Å²) in [5.74, 6) is 0. The first-order valence-corrected chi connectivity index (χ1v) is 0.612. The van der Waals surface area contributed by atoms with Crippen molar-refractivity contribution in [3.63, 3.8) is 0 Å². The van der Waals surface area contributed by atoms with E-state index in [1.165, 1.54) is 0 Å². The Hall–Kier alpha value is 0.503. The maximum Gasteiger partial charge on any atom is 0 e. The van der Waals surface area contributed by atoms with Gasteiger partial charge < -0.3 is 20.5 Å². The molecule has 0 rings (SSSR count). The summed E-state index contributed by atoms with van der Waals surface area (Å²) in [5, 5.41) is 16.7. The van der Waals surface area contributed by atoms with Crippen LogP contribution in [0.3, 0.4) is 0 Å². The molecule has 5 heteroatoms. The largest absolute Gasteiger partial charge is 0.652 e. The molecule has 0 amide bonds. The van der Waals surface area contributed by atoms with Crippen molar-refractivity contribution in [2.75, 3.05) is 0 Å². The number of carbonyl (C=O) groups is 1. The topological polar surface area (TPSA) is 94.7 Å². The fourth-order valence-corrected chi connectivity index (χ4v) is 0. The Morgan fingerprint density at radius 3 is 1.33 bits per heavy atom. The summed E-state index contributed by atoms with van der Waals surface area (Å²) in [7, 11) is 0. The van der Waals surface area contributed by atoms with Gasteiger partial charge in [0.15, 0.2) is 0 Å². The zero-order valence-corrected chi connectivity index (χ0v) is 4.57. The number of hydrogen-bond acceptors (Lipinski definition) is 3. The molecule has 0 aliphatic carbocycles. The van der Waals surface area contributed by atoms with Crippen LogP contribution in [0, 0.1) is 38.2 Å². The molecule has 4 nitrogen and oxygen atoms in total. The smallest absolute Gasteiger partial charge is 0 e. The van der Waals surface area contributed by atoms with Crippen LogP contribution >= 0.6 is 0 Å². The molecular formula is CH2DyO4-2. The van der Waals surface area contributed by atoms with Crippen molar-refractivity contribution in [2.45, 2.75) is 0 Å². The van der Waals surface area contributed by atoms with Crippen LogP contribution in [0.25, 0.3) is 0 Å². The number of carboxylic acid groups (broad SMARTS) is 2. The normalized spacial score (nSPS) is 4.00. The van der Waals surface area contributed by atoms with Crippen molar-refractivity contribution in [1.29, 1.82) is 0 Å². The molecule has 0 spiro atoms. The zero-order valence-electron chi connectivity index (χ0n) is 2.54. The van der Waals surface area contributed by atoms with Crippen molar-refractivity contribution in [3.8, 4) is 0 Å². The van der Waals surface area contributed by atoms with E-state index in [0.29, 0.717) is 0 Å². The average Bonchev–Trinajstić information content (AvgIpc) is 0.811. The second-order valence-corrected chi connectivity index (χ2v) is 0.250. The van der Waals surface area contributed by atoms with E-state index in [2.05, 4.69) is 0 Å². The van der Waals surface area contributed by atoms with E-state index in [9.17, 15) is 0 Å². The van der Waals surface area contributed by atoms with E-state index in [-0.39, 0.29) is 43.6 Å². The summed E-state index contributed by atoms with van der Waals surface area (Å²) in [4.78, 5) is 8.33. The van der Waals surface area contributed by atoms with Gasteiger partial charge in [-0.15, -0.1) is 0 Å². The molecule has 0 atom stereocenters. The molecule has 0 aromatic heterocycles. The predicted molar refractivity (Wildman–Crippen MR) is 9.01 cm³/mol.